The van der Waals surface area contributed by atoms with E-state index in [1.165, 1.54) is 24.5 Å². The number of para-hydroxylation sites is 1. The highest BCUT2D eigenvalue weighted by Gasteiger charge is 2.13. The van der Waals surface area contributed by atoms with Gasteiger partial charge in [0.15, 0.2) is 5.13 Å². The van der Waals surface area contributed by atoms with Crippen molar-refractivity contribution in [3.8, 4) is 16.9 Å². The Bertz CT molecular complexity index is 1200. The Morgan fingerprint density at radius 2 is 1.81 bits per heavy atom. The van der Waals surface area contributed by atoms with Crippen LogP contribution in [0.25, 0.3) is 16.9 Å². The van der Waals surface area contributed by atoms with Crippen LogP contribution in [0.2, 0.25) is 0 Å². The van der Waals surface area contributed by atoms with Crippen molar-refractivity contribution in [3.05, 3.63) is 83.5 Å². The van der Waals surface area contributed by atoms with Gasteiger partial charge in [-0.1, -0.05) is 42.5 Å². The highest BCUT2D eigenvalue weighted by Crippen LogP contribution is 2.26. The fourth-order valence-electron chi connectivity index (χ4n) is 3.13. The van der Waals surface area contributed by atoms with Crippen LogP contribution in [0.3, 0.4) is 0 Å². The predicted octanol–water partition coefficient (Wildman–Crippen LogP) is 4.45. The number of nitrogens with zero attached hydrogens (tertiary/aromatic N) is 3. The SMILES string of the molecule is CC(=O)NC(C)c1ccc(-c2csc(NC(=O)c3cnn(-c4ccccc4)c3)n2)cc1. The zero-order valence-corrected chi connectivity index (χ0v) is 17.9. The summed E-state index contributed by atoms with van der Waals surface area (Å²) in [5.41, 5.74) is 4.07. The van der Waals surface area contributed by atoms with E-state index in [9.17, 15) is 9.59 Å². The highest BCUT2D eigenvalue weighted by molar-refractivity contribution is 7.14. The Hall–Kier alpha value is -3.78. The van der Waals surface area contributed by atoms with Crippen molar-refractivity contribution >= 4 is 28.3 Å². The van der Waals surface area contributed by atoms with E-state index in [0.29, 0.717) is 10.7 Å². The normalized spacial score (nSPS) is 11.7. The highest BCUT2D eigenvalue weighted by atomic mass is 32.1. The number of anilines is 1. The van der Waals surface area contributed by atoms with Crippen LogP contribution in [-0.4, -0.2) is 26.6 Å². The average molecular weight is 432 g/mol. The molecule has 1 atom stereocenters. The second-order valence-electron chi connectivity index (χ2n) is 7.05. The zero-order valence-electron chi connectivity index (χ0n) is 17.1. The number of carbonyl (C=O) groups excluding carboxylic acids is 2. The third kappa shape index (κ3) is 4.87. The summed E-state index contributed by atoms with van der Waals surface area (Å²) < 4.78 is 1.66. The molecular weight excluding hydrogens is 410 g/mol. The van der Waals surface area contributed by atoms with Crippen LogP contribution in [0.4, 0.5) is 5.13 Å². The van der Waals surface area contributed by atoms with Gasteiger partial charge in [-0.05, 0) is 24.6 Å². The summed E-state index contributed by atoms with van der Waals surface area (Å²) in [7, 11) is 0. The van der Waals surface area contributed by atoms with Crippen molar-refractivity contribution in [2.24, 2.45) is 0 Å². The van der Waals surface area contributed by atoms with Crippen molar-refractivity contribution in [2.75, 3.05) is 5.32 Å². The van der Waals surface area contributed by atoms with Gasteiger partial charge in [-0.3, -0.25) is 14.9 Å². The van der Waals surface area contributed by atoms with Crippen LogP contribution < -0.4 is 10.6 Å². The van der Waals surface area contributed by atoms with Crippen LogP contribution in [0, 0.1) is 0 Å². The standard InChI is InChI=1S/C23H21N5O2S/c1-15(25-16(2)29)17-8-10-18(11-9-17)21-14-31-23(26-21)27-22(30)19-12-24-28(13-19)20-6-4-3-5-7-20/h3-15H,1-2H3,(H,25,29)(H,26,27,30). The number of hydrogen-bond donors (Lipinski definition) is 2. The molecular formula is C23H21N5O2S. The Morgan fingerprint density at radius 1 is 1.06 bits per heavy atom. The van der Waals surface area contributed by atoms with Crippen molar-refractivity contribution in [2.45, 2.75) is 19.9 Å². The van der Waals surface area contributed by atoms with E-state index >= 15 is 0 Å². The summed E-state index contributed by atoms with van der Waals surface area (Å²) in [5, 5.41) is 12.4. The largest absolute Gasteiger partial charge is 0.350 e. The Labute approximate surface area is 183 Å². The second-order valence-corrected chi connectivity index (χ2v) is 7.90. The summed E-state index contributed by atoms with van der Waals surface area (Å²) >= 11 is 1.36. The first kappa shape index (κ1) is 20.5. The van der Waals surface area contributed by atoms with Gasteiger partial charge in [0.25, 0.3) is 5.91 Å². The number of aromatic nitrogens is 3. The molecule has 0 bridgehead atoms. The van der Waals surface area contributed by atoms with Gasteiger partial charge in [-0.15, -0.1) is 11.3 Å². The van der Waals surface area contributed by atoms with Gasteiger partial charge < -0.3 is 5.32 Å². The van der Waals surface area contributed by atoms with E-state index < -0.39 is 0 Å². The molecule has 4 aromatic rings. The van der Waals surface area contributed by atoms with Gasteiger partial charge in [0.1, 0.15) is 0 Å². The number of carbonyl (C=O) groups is 2. The molecule has 0 fully saturated rings. The molecule has 0 aliphatic heterocycles. The van der Waals surface area contributed by atoms with Crippen LogP contribution in [0.15, 0.2) is 72.4 Å². The maximum Gasteiger partial charge on any atom is 0.260 e. The first-order valence-corrected chi connectivity index (χ1v) is 10.6. The average Bonchev–Trinajstić information content (AvgIpc) is 3.44. The minimum absolute atomic E-state index is 0.0614. The van der Waals surface area contributed by atoms with Crippen molar-refractivity contribution in [1.82, 2.24) is 20.1 Å². The second kappa shape index (κ2) is 8.93. The van der Waals surface area contributed by atoms with Gasteiger partial charge in [0, 0.05) is 24.1 Å². The third-order valence-corrected chi connectivity index (χ3v) is 5.47. The number of nitrogens with one attached hydrogen (secondary N) is 2. The minimum atomic E-state index is -0.262. The fraction of sp³-hybridized carbons (Fsp3) is 0.130. The predicted molar refractivity (Wildman–Crippen MR) is 121 cm³/mol. The van der Waals surface area contributed by atoms with E-state index in [1.807, 2.05) is 66.9 Å². The Kier molecular flexibility index (Phi) is 5.90. The van der Waals surface area contributed by atoms with E-state index in [0.717, 1.165) is 22.5 Å². The number of rotatable bonds is 6. The first-order valence-electron chi connectivity index (χ1n) is 9.74. The van der Waals surface area contributed by atoms with Crippen LogP contribution in [0.1, 0.15) is 35.8 Å². The van der Waals surface area contributed by atoms with E-state index in [2.05, 4.69) is 20.7 Å². The van der Waals surface area contributed by atoms with Gasteiger partial charge in [0.05, 0.1) is 29.2 Å². The number of benzene rings is 2. The topological polar surface area (TPSA) is 88.9 Å². The van der Waals surface area contributed by atoms with Gasteiger partial charge in [-0.2, -0.15) is 5.10 Å². The third-order valence-electron chi connectivity index (χ3n) is 4.72. The molecule has 8 heteroatoms. The lowest BCUT2D eigenvalue weighted by Gasteiger charge is -2.12. The molecule has 7 nitrogen and oxygen atoms in total. The zero-order chi connectivity index (χ0) is 21.8. The minimum Gasteiger partial charge on any atom is -0.350 e. The lowest BCUT2D eigenvalue weighted by atomic mass is 10.1. The van der Waals surface area contributed by atoms with Gasteiger partial charge >= 0.3 is 0 Å². The van der Waals surface area contributed by atoms with E-state index in [4.69, 9.17) is 0 Å². The fourth-order valence-corrected chi connectivity index (χ4v) is 3.84. The quantitative estimate of drug-likeness (QED) is 0.472. The maximum absolute atomic E-state index is 12.6. The van der Waals surface area contributed by atoms with Gasteiger partial charge in [0.2, 0.25) is 5.91 Å². The molecule has 1 unspecified atom stereocenters. The lowest BCUT2D eigenvalue weighted by Crippen LogP contribution is -2.23. The van der Waals surface area contributed by atoms with Crippen molar-refractivity contribution < 1.29 is 9.59 Å². The summed E-state index contributed by atoms with van der Waals surface area (Å²) in [6.45, 7) is 3.44. The lowest BCUT2D eigenvalue weighted by molar-refractivity contribution is -0.119. The van der Waals surface area contributed by atoms with Crippen LogP contribution in [0.5, 0.6) is 0 Å². The van der Waals surface area contributed by atoms with E-state index in [-0.39, 0.29) is 17.9 Å². The molecule has 156 valence electrons. The number of amides is 2. The van der Waals surface area contributed by atoms with Crippen molar-refractivity contribution in [1.29, 1.82) is 0 Å². The molecule has 2 amide bonds. The molecule has 0 saturated heterocycles. The van der Waals surface area contributed by atoms with Crippen LogP contribution >= 0.6 is 11.3 Å². The number of thiazole rings is 1. The summed E-state index contributed by atoms with van der Waals surface area (Å²) in [5.74, 6) is -0.326. The smallest absolute Gasteiger partial charge is 0.260 e. The summed E-state index contributed by atoms with van der Waals surface area (Å²) in [6.07, 6.45) is 3.22. The molecule has 2 heterocycles. The molecule has 2 aromatic carbocycles. The van der Waals surface area contributed by atoms with Crippen LogP contribution in [-0.2, 0) is 4.79 Å². The molecule has 31 heavy (non-hydrogen) atoms. The molecule has 0 spiro atoms. The summed E-state index contributed by atoms with van der Waals surface area (Å²) in [6, 6.07) is 17.4. The summed E-state index contributed by atoms with van der Waals surface area (Å²) in [4.78, 5) is 28.3. The van der Waals surface area contributed by atoms with Gasteiger partial charge in [-0.25, -0.2) is 9.67 Å². The molecule has 0 aliphatic rings. The molecule has 2 aromatic heterocycles. The molecule has 0 radical (unpaired) electrons. The Morgan fingerprint density at radius 3 is 2.52 bits per heavy atom. The molecule has 4 rings (SSSR count). The van der Waals surface area contributed by atoms with E-state index in [1.54, 1.807) is 10.9 Å². The Balaban J connectivity index is 1.43. The maximum atomic E-state index is 12.6. The molecule has 0 aliphatic carbocycles. The molecule has 0 saturated carbocycles. The number of hydrogen-bond acceptors (Lipinski definition) is 5. The monoisotopic (exact) mass is 431 g/mol. The first-order chi connectivity index (χ1) is 15.0. The molecule has 2 N–H and O–H groups in total. The van der Waals surface area contributed by atoms with Crippen molar-refractivity contribution in [3.63, 3.8) is 0 Å².